The third-order valence-electron chi connectivity index (χ3n) is 4.90. The molecule has 4 rings (SSSR count). The Kier molecular flexibility index (Phi) is 6.28. The smallest absolute Gasteiger partial charge is 0.262 e. The van der Waals surface area contributed by atoms with Crippen LogP contribution in [0.5, 0.6) is 17.2 Å². The number of furan rings is 1. The zero-order chi connectivity index (χ0) is 23.5. The molecule has 0 saturated carbocycles. The number of ether oxygens (including phenoxy) is 3. The number of hydrogen-bond acceptors (Lipinski definition) is 7. The van der Waals surface area contributed by atoms with Crippen LogP contribution in [0.4, 0.5) is 5.69 Å². The molecule has 0 saturated heterocycles. The summed E-state index contributed by atoms with van der Waals surface area (Å²) in [7, 11) is 3.00. The minimum Gasteiger partial charge on any atom is -0.497 e. The first-order valence-electron chi connectivity index (χ1n) is 9.86. The molecule has 0 aliphatic rings. The summed E-state index contributed by atoms with van der Waals surface area (Å²) in [6.45, 7) is 1.33. The normalized spacial score (nSPS) is 10.8. The third kappa shape index (κ3) is 4.51. The van der Waals surface area contributed by atoms with Crippen molar-refractivity contribution in [3.8, 4) is 28.8 Å². The topological polar surface area (TPSA) is 100 Å². The van der Waals surface area contributed by atoms with Gasteiger partial charge in [-0.1, -0.05) is 11.6 Å². The average Bonchev–Trinajstić information content (AvgIpc) is 3.34. The summed E-state index contributed by atoms with van der Waals surface area (Å²) in [5, 5.41) is 3.33. The van der Waals surface area contributed by atoms with E-state index in [2.05, 4.69) is 5.32 Å². The maximum Gasteiger partial charge on any atom is 0.262 e. The zero-order valence-electron chi connectivity index (χ0n) is 18.1. The van der Waals surface area contributed by atoms with Gasteiger partial charge >= 0.3 is 0 Å². The molecule has 4 aromatic rings. The minimum atomic E-state index is -0.520. The van der Waals surface area contributed by atoms with Crippen molar-refractivity contribution in [3.63, 3.8) is 0 Å². The zero-order valence-corrected chi connectivity index (χ0v) is 18.8. The molecule has 0 unspecified atom stereocenters. The van der Waals surface area contributed by atoms with Gasteiger partial charge in [-0.2, -0.15) is 0 Å². The Labute approximate surface area is 193 Å². The molecule has 0 atom stereocenters. The predicted molar refractivity (Wildman–Crippen MR) is 124 cm³/mol. The molecule has 2 aromatic carbocycles. The number of amides is 1. The number of hydrogen-bond donors (Lipinski definition) is 1. The number of aryl methyl sites for hydroxylation is 1. The van der Waals surface area contributed by atoms with E-state index in [1.165, 1.54) is 26.5 Å². The van der Waals surface area contributed by atoms with E-state index in [9.17, 15) is 9.59 Å². The van der Waals surface area contributed by atoms with E-state index in [1.807, 2.05) is 0 Å². The van der Waals surface area contributed by atoms with Gasteiger partial charge in [0.25, 0.3) is 5.91 Å². The largest absolute Gasteiger partial charge is 0.497 e. The highest BCUT2D eigenvalue weighted by molar-refractivity contribution is 6.32. The summed E-state index contributed by atoms with van der Waals surface area (Å²) in [6.07, 6.45) is 1.44. The van der Waals surface area contributed by atoms with Gasteiger partial charge in [-0.15, -0.1) is 0 Å². The second-order valence-corrected chi connectivity index (χ2v) is 7.47. The quantitative estimate of drug-likeness (QED) is 0.404. The monoisotopic (exact) mass is 469 g/mol. The first-order chi connectivity index (χ1) is 15.9. The number of halogens is 1. The molecule has 0 aliphatic heterocycles. The highest BCUT2D eigenvalue weighted by Gasteiger charge is 2.21. The van der Waals surface area contributed by atoms with Crippen molar-refractivity contribution in [1.29, 1.82) is 0 Å². The van der Waals surface area contributed by atoms with E-state index in [0.29, 0.717) is 27.8 Å². The fraction of sp³-hybridized carbons (Fsp3) is 0.167. The standard InChI is InChI=1S/C24H20ClNO7/c1-13-9-20-15(11-16(13)25)22(28)24(23(33-20)19-5-4-8-31-19)32-12-21(27)26-17-10-14(29-2)6-7-18(17)30-3/h4-11H,12H2,1-3H3,(H,26,27). The Balaban J connectivity index is 1.66. The van der Waals surface area contributed by atoms with Crippen LogP contribution in [-0.4, -0.2) is 26.7 Å². The van der Waals surface area contributed by atoms with Crippen LogP contribution in [0.1, 0.15) is 5.56 Å². The Bertz CT molecular complexity index is 1380. The molecule has 170 valence electrons. The minimum absolute atomic E-state index is 0.0750. The van der Waals surface area contributed by atoms with Gasteiger partial charge < -0.3 is 28.4 Å². The number of carbonyl (C=O) groups excluding carboxylic acids is 1. The number of anilines is 1. The number of fused-ring (bicyclic) bond motifs is 1. The summed E-state index contributed by atoms with van der Waals surface area (Å²) in [4.78, 5) is 25.8. The second kappa shape index (κ2) is 9.30. The van der Waals surface area contributed by atoms with Gasteiger partial charge in [0.15, 0.2) is 12.4 Å². The first kappa shape index (κ1) is 22.3. The molecule has 0 aliphatic carbocycles. The molecule has 0 bridgehead atoms. The molecule has 33 heavy (non-hydrogen) atoms. The van der Waals surface area contributed by atoms with Crippen molar-refractivity contribution in [2.75, 3.05) is 26.1 Å². The van der Waals surface area contributed by atoms with E-state index >= 15 is 0 Å². The molecular formula is C24H20ClNO7. The molecule has 2 aromatic heterocycles. The fourth-order valence-electron chi connectivity index (χ4n) is 3.24. The van der Waals surface area contributed by atoms with Crippen LogP contribution in [0.2, 0.25) is 5.02 Å². The number of methoxy groups -OCH3 is 2. The van der Waals surface area contributed by atoms with Crippen molar-refractivity contribution in [3.05, 3.63) is 69.5 Å². The predicted octanol–water partition coefficient (Wildman–Crippen LogP) is 5.05. The van der Waals surface area contributed by atoms with E-state index in [1.54, 1.807) is 43.3 Å². The highest BCUT2D eigenvalue weighted by Crippen LogP contribution is 2.33. The Morgan fingerprint density at radius 2 is 1.94 bits per heavy atom. The first-order valence-corrected chi connectivity index (χ1v) is 10.2. The Morgan fingerprint density at radius 1 is 1.12 bits per heavy atom. The van der Waals surface area contributed by atoms with Crippen LogP contribution in [0.15, 0.2) is 62.4 Å². The maximum absolute atomic E-state index is 13.2. The maximum atomic E-state index is 13.2. The number of rotatable bonds is 7. The summed E-state index contributed by atoms with van der Waals surface area (Å²) in [6, 6.07) is 11.4. The molecular weight excluding hydrogens is 450 g/mol. The summed E-state index contributed by atoms with van der Waals surface area (Å²) in [5.41, 5.74) is 0.991. The SMILES string of the molecule is COc1ccc(OC)c(NC(=O)COc2c(-c3ccco3)oc3cc(C)c(Cl)cc3c2=O)c1. The lowest BCUT2D eigenvalue weighted by atomic mass is 10.1. The second-order valence-electron chi connectivity index (χ2n) is 7.07. The van der Waals surface area contributed by atoms with Crippen molar-refractivity contribution < 1.29 is 27.8 Å². The van der Waals surface area contributed by atoms with Crippen molar-refractivity contribution in [2.24, 2.45) is 0 Å². The summed E-state index contributed by atoms with van der Waals surface area (Å²) in [5.74, 6) is 0.654. The van der Waals surface area contributed by atoms with Gasteiger partial charge in [0.1, 0.15) is 17.1 Å². The average molecular weight is 470 g/mol. The molecule has 0 spiro atoms. The lowest BCUT2D eigenvalue weighted by molar-refractivity contribution is -0.118. The van der Waals surface area contributed by atoms with Gasteiger partial charge in [0.2, 0.25) is 16.9 Å². The van der Waals surface area contributed by atoms with Gasteiger partial charge in [0.05, 0.1) is 31.6 Å². The van der Waals surface area contributed by atoms with E-state index in [0.717, 1.165) is 5.56 Å². The van der Waals surface area contributed by atoms with Gasteiger partial charge in [-0.25, -0.2) is 0 Å². The van der Waals surface area contributed by atoms with Gasteiger partial charge in [-0.05, 0) is 48.9 Å². The van der Waals surface area contributed by atoms with Gasteiger partial charge in [0, 0.05) is 11.1 Å². The van der Waals surface area contributed by atoms with Crippen molar-refractivity contribution in [2.45, 2.75) is 6.92 Å². The number of nitrogens with one attached hydrogen (secondary N) is 1. The van der Waals surface area contributed by atoms with E-state index < -0.39 is 17.9 Å². The molecule has 0 fully saturated rings. The molecule has 2 heterocycles. The van der Waals surface area contributed by atoms with Crippen molar-refractivity contribution in [1.82, 2.24) is 0 Å². The molecule has 8 nitrogen and oxygen atoms in total. The van der Waals surface area contributed by atoms with E-state index in [-0.39, 0.29) is 22.7 Å². The highest BCUT2D eigenvalue weighted by atomic mass is 35.5. The summed E-state index contributed by atoms with van der Waals surface area (Å²) >= 11 is 6.20. The lowest BCUT2D eigenvalue weighted by Crippen LogP contribution is -2.23. The van der Waals surface area contributed by atoms with Crippen LogP contribution in [-0.2, 0) is 4.79 Å². The van der Waals surface area contributed by atoms with Crippen LogP contribution in [0.25, 0.3) is 22.5 Å². The molecule has 9 heteroatoms. The Hall–Kier alpha value is -3.91. The third-order valence-corrected chi connectivity index (χ3v) is 5.31. The number of benzene rings is 2. The molecule has 0 radical (unpaired) electrons. The summed E-state index contributed by atoms with van der Waals surface area (Å²) < 4.78 is 27.4. The van der Waals surface area contributed by atoms with Crippen LogP contribution >= 0.6 is 11.6 Å². The lowest BCUT2D eigenvalue weighted by Gasteiger charge is -2.13. The van der Waals surface area contributed by atoms with Crippen LogP contribution in [0.3, 0.4) is 0 Å². The van der Waals surface area contributed by atoms with Crippen LogP contribution < -0.4 is 25.0 Å². The van der Waals surface area contributed by atoms with Crippen molar-refractivity contribution >= 4 is 34.2 Å². The number of carbonyl (C=O) groups is 1. The molecule has 1 N–H and O–H groups in total. The molecule has 1 amide bonds. The van der Waals surface area contributed by atoms with E-state index in [4.69, 9.17) is 34.6 Å². The fourth-order valence-corrected chi connectivity index (χ4v) is 3.40. The van der Waals surface area contributed by atoms with Gasteiger partial charge in [-0.3, -0.25) is 9.59 Å². The van der Waals surface area contributed by atoms with Crippen LogP contribution in [0, 0.1) is 6.92 Å². The Morgan fingerprint density at radius 3 is 2.64 bits per heavy atom.